The molecule has 4 fully saturated rings. The number of rotatable bonds is 6. The molecule has 0 spiro atoms. The number of amides is 3. The van der Waals surface area contributed by atoms with Crippen molar-refractivity contribution >= 4 is 94.8 Å². The van der Waals surface area contributed by atoms with Gasteiger partial charge < -0.3 is 20.3 Å². The molecular formula is C25H38ClN3O5S4. The lowest BCUT2D eigenvalue weighted by atomic mass is 9.83. The van der Waals surface area contributed by atoms with Crippen molar-refractivity contribution in [2.45, 2.75) is 68.5 Å². The van der Waals surface area contributed by atoms with Crippen LogP contribution in [0, 0.1) is 11.8 Å². The molecule has 4 aliphatic rings. The number of hydrogen-bond acceptors (Lipinski definition) is 5. The van der Waals surface area contributed by atoms with Gasteiger partial charge in [-0.1, -0.05) is 19.3 Å². The summed E-state index contributed by atoms with van der Waals surface area (Å²) < 4.78 is 5.52. The standard InChI is InChI=1S/C25H30ClN3O5.4H2S/c26-18-12-29(21-19(30)13-34-22(18)21)25(33)20(14-4-2-1-3-5-14)28-24(32)16-8-10-17(11-9-16)27-23(31)15-6-7-15;;;;/h8-11,14-15,18,20-22H,1-7,12-13H2,(H,27,31)(H,28,32);4*1H2/t18-,20-,21+,22+;;;;/m0..../s1. The molecule has 38 heavy (non-hydrogen) atoms. The van der Waals surface area contributed by atoms with Crippen LogP contribution in [0.4, 0.5) is 5.69 Å². The maximum atomic E-state index is 13.7. The zero-order chi connectivity index (χ0) is 23.8. The molecule has 2 N–H and O–H groups in total. The van der Waals surface area contributed by atoms with Crippen LogP contribution in [0.15, 0.2) is 24.3 Å². The number of fused-ring (bicyclic) bond motifs is 1. The van der Waals surface area contributed by atoms with E-state index in [4.69, 9.17) is 16.3 Å². The Morgan fingerprint density at radius 1 is 0.947 bits per heavy atom. The third-order valence-corrected chi connectivity index (χ3v) is 7.83. The van der Waals surface area contributed by atoms with Crippen molar-refractivity contribution in [3.63, 3.8) is 0 Å². The van der Waals surface area contributed by atoms with Crippen LogP contribution in [-0.4, -0.2) is 65.1 Å². The van der Waals surface area contributed by atoms with Gasteiger partial charge in [-0.25, -0.2) is 0 Å². The quantitative estimate of drug-likeness (QED) is 0.474. The summed E-state index contributed by atoms with van der Waals surface area (Å²) in [5.41, 5.74) is 1.05. The Hall–Kier alpha value is -1.05. The average molecular weight is 624 g/mol. The van der Waals surface area contributed by atoms with E-state index in [1.165, 1.54) is 4.90 Å². The largest absolute Gasteiger partial charge is 0.366 e. The van der Waals surface area contributed by atoms with Crippen molar-refractivity contribution in [1.82, 2.24) is 10.2 Å². The van der Waals surface area contributed by atoms with Crippen LogP contribution in [0.2, 0.25) is 0 Å². The van der Waals surface area contributed by atoms with E-state index in [0.717, 1.165) is 44.9 Å². The van der Waals surface area contributed by atoms with Crippen molar-refractivity contribution in [3.05, 3.63) is 29.8 Å². The minimum atomic E-state index is -0.724. The average Bonchev–Trinajstić information content (AvgIpc) is 3.56. The van der Waals surface area contributed by atoms with Gasteiger partial charge in [0.15, 0.2) is 5.78 Å². The molecule has 0 radical (unpaired) electrons. The summed E-state index contributed by atoms with van der Waals surface area (Å²) in [7, 11) is 0. The molecule has 13 heteroatoms. The van der Waals surface area contributed by atoms with Crippen LogP contribution in [0.1, 0.15) is 55.3 Å². The highest BCUT2D eigenvalue weighted by atomic mass is 35.5. The summed E-state index contributed by atoms with van der Waals surface area (Å²) in [6.45, 7) is 0.197. The summed E-state index contributed by atoms with van der Waals surface area (Å²) >= 11 is 6.40. The molecule has 0 bridgehead atoms. The summed E-state index contributed by atoms with van der Waals surface area (Å²) in [6, 6.07) is 5.30. The fourth-order valence-corrected chi connectivity index (χ4v) is 5.73. The number of hydrogen-bond donors (Lipinski definition) is 2. The molecule has 1 aromatic carbocycles. The molecular weight excluding hydrogens is 586 g/mol. The highest BCUT2D eigenvalue weighted by molar-refractivity contribution is 7.59. The fraction of sp³-hybridized carbons (Fsp3) is 0.600. The molecule has 2 saturated heterocycles. The van der Waals surface area contributed by atoms with Gasteiger partial charge in [-0.15, -0.1) is 11.6 Å². The number of alkyl halides is 1. The first-order valence-electron chi connectivity index (χ1n) is 12.2. The number of anilines is 1. The number of likely N-dealkylation sites (tertiary alicyclic amines) is 1. The first-order valence-corrected chi connectivity index (χ1v) is 12.7. The van der Waals surface area contributed by atoms with Crippen molar-refractivity contribution in [1.29, 1.82) is 0 Å². The van der Waals surface area contributed by atoms with E-state index in [1.807, 2.05) is 0 Å². The number of halogens is 1. The van der Waals surface area contributed by atoms with E-state index in [2.05, 4.69) is 10.6 Å². The predicted molar refractivity (Wildman–Crippen MR) is 167 cm³/mol. The predicted octanol–water partition coefficient (Wildman–Crippen LogP) is 2.95. The smallest absolute Gasteiger partial charge is 0.251 e. The van der Waals surface area contributed by atoms with Gasteiger partial charge in [0.1, 0.15) is 24.8 Å². The van der Waals surface area contributed by atoms with E-state index in [0.29, 0.717) is 11.3 Å². The van der Waals surface area contributed by atoms with Crippen LogP contribution in [0.25, 0.3) is 0 Å². The highest BCUT2D eigenvalue weighted by Crippen LogP contribution is 2.34. The number of ether oxygens (including phenoxy) is 1. The number of carbonyl (C=O) groups is 4. The zero-order valence-corrected chi connectivity index (χ0v) is 25.8. The van der Waals surface area contributed by atoms with Crippen molar-refractivity contribution in [2.75, 3.05) is 18.5 Å². The molecule has 2 aliphatic carbocycles. The number of nitrogens with one attached hydrogen (secondary N) is 2. The monoisotopic (exact) mass is 623 g/mol. The van der Waals surface area contributed by atoms with Gasteiger partial charge in [-0.05, 0) is 55.9 Å². The molecule has 0 aromatic heterocycles. The fourth-order valence-electron chi connectivity index (χ4n) is 5.37. The van der Waals surface area contributed by atoms with Crippen molar-refractivity contribution < 1.29 is 23.9 Å². The minimum Gasteiger partial charge on any atom is -0.366 e. The summed E-state index contributed by atoms with van der Waals surface area (Å²) in [5, 5.41) is 5.38. The molecule has 4 atom stereocenters. The Morgan fingerprint density at radius 2 is 1.58 bits per heavy atom. The summed E-state index contributed by atoms with van der Waals surface area (Å²) in [4.78, 5) is 52.7. The van der Waals surface area contributed by atoms with Crippen molar-refractivity contribution in [2.24, 2.45) is 11.8 Å². The maximum Gasteiger partial charge on any atom is 0.251 e. The molecule has 5 rings (SSSR count). The van der Waals surface area contributed by atoms with Crippen LogP contribution in [0.3, 0.4) is 0 Å². The highest BCUT2D eigenvalue weighted by Gasteiger charge is 2.53. The van der Waals surface area contributed by atoms with Crippen LogP contribution < -0.4 is 10.6 Å². The molecule has 2 aliphatic heterocycles. The second-order valence-corrected chi connectivity index (χ2v) is 10.4. The number of ketones is 1. The van der Waals surface area contributed by atoms with E-state index < -0.39 is 23.6 Å². The molecule has 2 saturated carbocycles. The van der Waals surface area contributed by atoms with Gasteiger partial charge in [0, 0.05) is 23.7 Å². The number of nitrogens with zero attached hydrogens (tertiary/aromatic N) is 1. The van der Waals surface area contributed by atoms with Gasteiger partial charge >= 0.3 is 0 Å². The molecule has 1 aromatic rings. The van der Waals surface area contributed by atoms with E-state index >= 15 is 0 Å². The summed E-state index contributed by atoms with van der Waals surface area (Å²) in [5.74, 6) is -0.638. The Morgan fingerprint density at radius 3 is 2.18 bits per heavy atom. The summed E-state index contributed by atoms with van der Waals surface area (Å²) in [6.07, 6.45) is 6.17. The second-order valence-electron chi connectivity index (χ2n) is 9.88. The Kier molecular flexibility index (Phi) is 13.9. The van der Waals surface area contributed by atoms with Crippen LogP contribution in [-0.2, 0) is 19.1 Å². The third kappa shape index (κ3) is 7.57. The Labute approximate surface area is 256 Å². The van der Waals surface area contributed by atoms with Gasteiger partial charge in [0.25, 0.3) is 5.91 Å². The SMILES string of the molecule is O=C(N[C@H](C(=O)N1C[C@H](Cl)[C@H]2OCC(=O)[C@H]21)C1CCCCC1)c1ccc(NC(=O)C2CC2)cc1.S.S.S.S. The Bertz CT molecular complexity index is 992. The normalized spacial score (nSPS) is 24.9. The molecule has 3 amide bonds. The first kappa shape index (κ1) is 35.0. The lowest BCUT2D eigenvalue weighted by Crippen LogP contribution is -2.55. The van der Waals surface area contributed by atoms with E-state index in [9.17, 15) is 19.2 Å². The zero-order valence-electron chi connectivity index (χ0n) is 21.0. The van der Waals surface area contributed by atoms with Gasteiger partial charge in [-0.2, -0.15) is 54.0 Å². The lowest BCUT2D eigenvalue weighted by molar-refractivity contribution is -0.139. The number of Topliss-reactive ketones (excluding diaryl/α,β-unsaturated/α-hetero) is 1. The lowest BCUT2D eigenvalue weighted by Gasteiger charge is -2.34. The molecule has 0 unspecified atom stereocenters. The number of benzene rings is 1. The number of carbonyl (C=O) groups excluding carboxylic acids is 4. The minimum absolute atomic E-state index is 0. The van der Waals surface area contributed by atoms with Gasteiger partial charge in [-0.3, -0.25) is 19.2 Å². The Balaban J connectivity index is 0.00000180. The van der Waals surface area contributed by atoms with E-state index in [1.54, 1.807) is 24.3 Å². The first-order chi connectivity index (χ1) is 16.4. The van der Waals surface area contributed by atoms with E-state index in [-0.39, 0.29) is 102 Å². The third-order valence-electron chi connectivity index (χ3n) is 7.44. The molecule has 214 valence electrons. The topological polar surface area (TPSA) is 105 Å². The maximum absolute atomic E-state index is 13.7. The van der Waals surface area contributed by atoms with Gasteiger partial charge in [0.05, 0.1) is 5.38 Å². The molecule has 8 nitrogen and oxygen atoms in total. The van der Waals surface area contributed by atoms with Crippen LogP contribution >= 0.6 is 65.6 Å². The second kappa shape index (κ2) is 15.1. The van der Waals surface area contributed by atoms with Gasteiger partial charge in [0.2, 0.25) is 11.8 Å². The van der Waals surface area contributed by atoms with Crippen LogP contribution in [0.5, 0.6) is 0 Å². The van der Waals surface area contributed by atoms with Crippen molar-refractivity contribution in [3.8, 4) is 0 Å². The molecule has 2 heterocycles.